The summed E-state index contributed by atoms with van der Waals surface area (Å²) in [6.45, 7) is 0.271. The molecule has 4 nitrogen and oxygen atoms in total. The molecule has 0 saturated heterocycles. The molecule has 0 spiro atoms. The molecule has 134 valence electrons. The summed E-state index contributed by atoms with van der Waals surface area (Å²) in [7, 11) is 3.07. The Kier molecular flexibility index (Phi) is 5.54. The first-order valence-corrected chi connectivity index (χ1v) is 9.03. The summed E-state index contributed by atoms with van der Waals surface area (Å²) < 4.78 is 18.7. The van der Waals surface area contributed by atoms with Gasteiger partial charge in [0.25, 0.3) is 5.91 Å². The molecule has 3 aromatic rings. The lowest BCUT2D eigenvalue weighted by molar-refractivity contribution is 0.0780. The van der Waals surface area contributed by atoms with Crippen LogP contribution >= 0.6 is 22.9 Å². The van der Waals surface area contributed by atoms with Crippen molar-refractivity contribution < 1.29 is 13.9 Å². The molecule has 26 heavy (non-hydrogen) atoms. The highest BCUT2D eigenvalue weighted by Crippen LogP contribution is 2.26. The number of rotatable bonds is 5. The standard InChI is InChI=1S/C19H16ClFN2O2S/c1-23(10-12-3-8-17(25-2)15(21)9-12)19(24)16-11-26-18(22-16)13-4-6-14(20)7-5-13/h3-9,11H,10H2,1-2H3. The molecule has 0 bridgehead atoms. The summed E-state index contributed by atoms with van der Waals surface area (Å²) >= 11 is 7.28. The molecule has 1 amide bonds. The predicted molar refractivity (Wildman–Crippen MR) is 101 cm³/mol. The maximum absolute atomic E-state index is 13.8. The van der Waals surface area contributed by atoms with E-state index < -0.39 is 5.82 Å². The number of hydrogen-bond donors (Lipinski definition) is 0. The van der Waals surface area contributed by atoms with E-state index in [0.717, 1.165) is 10.6 Å². The van der Waals surface area contributed by atoms with E-state index in [1.54, 1.807) is 36.7 Å². The second kappa shape index (κ2) is 7.85. The average Bonchev–Trinajstić information content (AvgIpc) is 3.12. The third-order valence-corrected chi connectivity index (χ3v) is 4.94. The minimum Gasteiger partial charge on any atom is -0.494 e. The van der Waals surface area contributed by atoms with Gasteiger partial charge in [-0.3, -0.25) is 4.79 Å². The Balaban J connectivity index is 1.72. The maximum Gasteiger partial charge on any atom is 0.273 e. The van der Waals surface area contributed by atoms with Crippen molar-refractivity contribution in [2.45, 2.75) is 6.54 Å². The first kappa shape index (κ1) is 18.4. The monoisotopic (exact) mass is 390 g/mol. The number of carbonyl (C=O) groups excluding carboxylic acids is 1. The van der Waals surface area contributed by atoms with Crippen molar-refractivity contribution in [2.75, 3.05) is 14.2 Å². The molecule has 3 rings (SSSR count). The highest BCUT2D eigenvalue weighted by molar-refractivity contribution is 7.13. The number of methoxy groups -OCH3 is 1. The number of benzene rings is 2. The highest BCUT2D eigenvalue weighted by Gasteiger charge is 2.17. The van der Waals surface area contributed by atoms with Gasteiger partial charge in [-0.25, -0.2) is 9.37 Å². The Hall–Kier alpha value is -2.44. The van der Waals surface area contributed by atoms with Crippen LogP contribution in [0, 0.1) is 5.82 Å². The molecule has 0 N–H and O–H groups in total. The summed E-state index contributed by atoms with van der Waals surface area (Å²) in [6.07, 6.45) is 0. The number of amides is 1. The number of carbonyl (C=O) groups is 1. The van der Waals surface area contributed by atoms with Gasteiger partial charge in [0, 0.05) is 29.6 Å². The number of nitrogens with zero attached hydrogens (tertiary/aromatic N) is 2. The van der Waals surface area contributed by atoms with Crippen molar-refractivity contribution in [1.29, 1.82) is 0 Å². The molecular formula is C19H16ClFN2O2S. The Morgan fingerprint density at radius 3 is 2.65 bits per heavy atom. The van der Waals surface area contributed by atoms with Crippen LogP contribution in [0.15, 0.2) is 47.8 Å². The number of thiazole rings is 1. The van der Waals surface area contributed by atoms with E-state index in [0.29, 0.717) is 16.3 Å². The fourth-order valence-corrected chi connectivity index (χ4v) is 3.37. The summed E-state index contributed by atoms with van der Waals surface area (Å²) in [5, 5.41) is 3.11. The lowest BCUT2D eigenvalue weighted by Gasteiger charge is -2.16. The quantitative estimate of drug-likeness (QED) is 0.623. The highest BCUT2D eigenvalue weighted by atomic mass is 35.5. The molecule has 0 aliphatic heterocycles. The second-order valence-electron chi connectivity index (χ2n) is 5.67. The summed E-state index contributed by atoms with van der Waals surface area (Å²) in [5.41, 5.74) is 1.93. The Labute approximate surface area is 159 Å². The van der Waals surface area contributed by atoms with E-state index in [9.17, 15) is 9.18 Å². The van der Waals surface area contributed by atoms with Gasteiger partial charge in [-0.2, -0.15) is 0 Å². The SMILES string of the molecule is COc1ccc(CN(C)C(=O)c2csc(-c3ccc(Cl)cc3)n2)cc1F. The van der Waals surface area contributed by atoms with Gasteiger partial charge in [-0.15, -0.1) is 11.3 Å². The van der Waals surface area contributed by atoms with Crippen LogP contribution in [-0.2, 0) is 6.54 Å². The minimum atomic E-state index is -0.454. The van der Waals surface area contributed by atoms with Crippen LogP contribution < -0.4 is 4.74 Å². The van der Waals surface area contributed by atoms with E-state index >= 15 is 0 Å². The van der Waals surface area contributed by atoms with Crippen molar-refractivity contribution >= 4 is 28.8 Å². The first-order valence-electron chi connectivity index (χ1n) is 7.77. The van der Waals surface area contributed by atoms with E-state index in [-0.39, 0.29) is 18.2 Å². The molecule has 1 heterocycles. The van der Waals surface area contributed by atoms with Crippen LogP contribution in [0.4, 0.5) is 4.39 Å². The minimum absolute atomic E-state index is 0.176. The van der Waals surface area contributed by atoms with E-state index in [1.165, 1.54) is 29.4 Å². The van der Waals surface area contributed by atoms with Gasteiger partial charge in [-0.1, -0.05) is 29.8 Å². The second-order valence-corrected chi connectivity index (χ2v) is 6.97. The van der Waals surface area contributed by atoms with Crippen LogP contribution in [0.3, 0.4) is 0 Å². The third-order valence-electron chi connectivity index (χ3n) is 3.80. The smallest absolute Gasteiger partial charge is 0.273 e. The average molecular weight is 391 g/mol. The zero-order valence-corrected chi connectivity index (χ0v) is 15.8. The topological polar surface area (TPSA) is 42.4 Å². The van der Waals surface area contributed by atoms with Crippen molar-refractivity contribution in [3.63, 3.8) is 0 Å². The van der Waals surface area contributed by atoms with Gasteiger partial charge in [0.05, 0.1) is 7.11 Å². The zero-order valence-electron chi connectivity index (χ0n) is 14.2. The number of aromatic nitrogens is 1. The molecule has 0 aliphatic rings. The van der Waals surface area contributed by atoms with Crippen molar-refractivity contribution in [2.24, 2.45) is 0 Å². The molecule has 0 atom stereocenters. The molecule has 2 aromatic carbocycles. The molecular weight excluding hydrogens is 375 g/mol. The summed E-state index contributed by atoms with van der Waals surface area (Å²) in [4.78, 5) is 18.5. The van der Waals surface area contributed by atoms with Crippen molar-refractivity contribution in [3.05, 3.63) is 69.9 Å². The molecule has 7 heteroatoms. The number of halogens is 2. The molecule has 0 aliphatic carbocycles. The van der Waals surface area contributed by atoms with Crippen LogP contribution in [-0.4, -0.2) is 29.9 Å². The van der Waals surface area contributed by atoms with Gasteiger partial charge >= 0.3 is 0 Å². The molecule has 0 radical (unpaired) electrons. The van der Waals surface area contributed by atoms with Gasteiger partial charge in [0.15, 0.2) is 11.6 Å². The largest absolute Gasteiger partial charge is 0.494 e. The van der Waals surface area contributed by atoms with Gasteiger partial charge in [0.1, 0.15) is 10.7 Å². The Morgan fingerprint density at radius 1 is 1.27 bits per heavy atom. The zero-order chi connectivity index (χ0) is 18.7. The fourth-order valence-electron chi connectivity index (χ4n) is 2.45. The normalized spacial score (nSPS) is 10.6. The molecule has 0 saturated carbocycles. The van der Waals surface area contributed by atoms with Crippen LogP contribution in [0.2, 0.25) is 5.02 Å². The number of ether oxygens (including phenoxy) is 1. The lowest BCUT2D eigenvalue weighted by Crippen LogP contribution is -2.26. The van der Waals surface area contributed by atoms with E-state index in [2.05, 4.69) is 4.98 Å². The van der Waals surface area contributed by atoms with Crippen LogP contribution in [0.25, 0.3) is 10.6 Å². The van der Waals surface area contributed by atoms with Gasteiger partial charge in [-0.05, 0) is 29.8 Å². The lowest BCUT2D eigenvalue weighted by atomic mass is 10.2. The molecule has 0 fully saturated rings. The van der Waals surface area contributed by atoms with Crippen LogP contribution in [0.1, 0.15) is 16.1 Å². The Bertz CT molecular complexity index is 928. The van der Waals surface area contributed by atoms with E-state index in [1.807, 2.05) is 12.1 Å². The summed E-state index contributed by atoms with van der Waals surface area (Å²) in [5.74, 6) is -0.503. The molecule has 1 aromatic heterocycles. The predicted octanol–water partition coefficient (Wildman–Crippen LogP) is 4.88. The maximum atomic E-state index is 13.8. The van der Waals surface area contributed by atoms with Crippen molar-refractivity contribution in [3.8, 4) is 16.3 Å². The van der Waals surface area contributed by atoms with Gasteiger partial charge < -0.3 is 9.64 Å². The third kappa shape index (κ3) is 4.03. The Morgan fingerprint density at radius 2 is 2.00 bits per heavy atom. The molecule has 0 unspecified atom stereocenters. The van der Waals surface area contributed by atoms with Crippen molar-refractivity contribution in [1.82, 2.24) is 9.88 Å². The fraction of sp³-hybridized carbons (Fsp3) is 0.158. The van der Waals surface area contributed by atoms with Gasteiger partial charge in [0.2, 0.25) is 0 Å². The summed E-state index contributed by atoms with van der Waals surface area (Å²) in [6, 6.07) is 11.9. The van der Waals surface area contributed by atoms with E-state index in [4.69, 9.17) is 16.3 Å². The number of hydrogen-bond acceptors (Lipinski definition) is 4. The van der Waals surface area contributed by atoms with Crippen LogP contribution in [0.5, 0.6) is 5.75 Å². The first-order chi connectivity index (χ1) is 12.5.